The van der Waals surface area contributed by atoms with Crippen LogP contribution in [-0.2, 0) is 0 Å². The Hall–Kier alpha value is -0.970. The maximum absolute atomic E-state index is 13.1. The lowest BCUT2D eigenvalue weighted by atomic mass is 9.99. The Balaban J connectivity index is 2.78. The number of rotatable bonds is 8. The summed E-state index contributed by atoms with van der Waals surface area (Å²) in [6.07, 6.45) is 1.10. The monoisotopic (exact) mass is 281 g/mol. The standard InChI is InChI=1S/C16H28FN3/c1-5-20(12-6-11-19(3)4)16(13(2)18)14-7-9-15(17)10-8-14/h7-10,13,16H,5-6,11-12,18H2,1-4H3. The first-order chi connectivity index (χ1) is 9.45. The van der Waals surface area contributed by atoms with E-state index >= 15 is 0 Å². The van der Waals surface area contributed by atoms with Crippen molar-refractivity contribution in [3.63, 3.8) is 0 Å². The number of nitrogens with zero attached hydrogens (tertiary/aromatic N) is 2. The zero-order chi connectivity index (χ0) is 15.1. The van der Waals surface area contributed by atoms with Crippen LogP contribution in [0.3, 0.4) is 0 Å². The number of halogens is 1. The van der Waals surface area contributed by atoms with Gasteiger partial charge in [-0.2, -0.15) is 0 Å². The largest absolute Gasteiger partial charge is 0.326 e. The van der Waals surface area contributed by atoms with Crippen LogP contribution in [0.15, 0.2) is 24.3 Å². The molecule has 4 heteroatoms. The van der Waals surface area contributed by atoms with Crippen molar-refractivity contribution in [2.24, 2.45) is 5.73 Å². The first-order valence-corrected chi connectivity index (χ1v) is 7.35. The molecule has 0 saturated heterocycles. The molecule has 0 aliphatic rings. The summed E-state index contributed by atoms with van der Waals surface area (Å²) < 4.78 is 13.1. The van der Waals surface area contributed by atoms with Crippen LogP contribution >= 0.6 is 0 Å². The van der Waals surface area contributed by atoms with Crippen molar-refractivity contribution in [3.8, 4) is 0 Å². The Morgan fingerprint density at radius 3 is 2.20 bits per heavy atom. The molecule has 0 heterocycles. The topological polar surface area (TPSA) is 32.5 Å². The van der Waals surface area contributed by atoms with E-state index in [0.717, 1.165) is 31.6 Å². The molecule has 2 unspecified atom stereocenters. The maximum atomic E-state index is 13.1. The quantitative estimate of drug-likeness (QED) is 0.794. The van der Waals surface area contributed by atoms with Gasteiger partial charge in [0.25, 0.3) is 0 Å². The molecule has 0 radical (unpaired) electrons. The zero-order valence-electron chi connectivity index (χ0n) is 13.1. The van der Waals surface area contributed by atoms with Crippen LogP contribution in [0.4, 0.5) is 4.39 Å². The summed E-state index contributed by atoms with van der Waals surface area (Å²) in [7, 11) is 4.17. The minimum Gasteiger partial charge on any atom is -0.326 e. The van der Waals surface area contributed by atoms with Crippen molar-refractivity contribution < 1.29 is 4.39 Å². The normalized spacial score (nSPS) is 14.8. The molecule has 1 rings (SSSR count). The fourth-order valence-corrected chi connectivity index (χ4v) is 2.59. The highest BCUT2D eigenvalue weighted by atomic mass is 19.1. The SMILES string of the molecule is CCN(CCCN(C)C)C(c1ccc(F)cc1)C(C)N. The molecule has 0 aromatic heterocycles. The van der Waals surface area contributed by atoms with E-state index in [1.54, 1.807) is 0 Å². The summed E-state index contributed by atoms with van der Waals surface area (Å²) in [5.41, 5.74) is 7.26. The molecule has 0 saturated carbocycles. The molecule has 1 aromatic carbocycles. The highest BCUT2D eigenvalue weighted by Gasteiger charge is 2.22. The Labute approximate surface area is 122 Å². The van der Waals surface area contributed by atoms with Gasteiger partial charge in [-0.3, -0.25) is 4.90 Å². The lowest BCUT2D eigenvalue weighted by molar-refractivity contribution is 0.177. The average molecular weight is 281 g/mol. The third-order valence-corrected chi connectivity index (χ3v) is 3.56. The molecule has 2 atom stereocenters. The van der Waals surface area contributed by atoms with E-state index in [2.05, 4.69) is 30.8 Å². The van der Waals surface area contributed by atoms with Gasteiger partial charge in [0.05, 0.1) is 0 Å². The third-order valence-electron chi connectivity index (χ3n) is 3.56. The van der Waals surface area contributed by atoms with Crippen LogP contribution in [-0.4, -0.2) is 49.6 Å². The summed E-state index contributed by atoms with van der Waals surface area (Å²) in [5, 5.41) is 0. The average Bonchev–Trinajstić information content (AvgIpc) is 2.38. The predicted molar refractivity (Wildman–Crippen MR) is 83.2 cm³/mol. The van der Waals surface area contributed by atoms with Gasteiger partial charge in [0.2, 0.25) is 0 Å². The molecular formula is C16H28FN3. The van der Waals surface area contributed by atoms with E-state index in [0.29, 0.717) is 0 Å². The highest BCUT2D eigenvalue weighted by Crippen LogP contribution is 2.24. The van der Waals surface area contributed by atoms with Gasteiger partial charge in [0, 0.05) is 18.6 Å². The van der Waals surface area contributed by atoms with Crippen LogP contribution < -0.4 is 5.73 Å². The molecule has 20 heavy (non-hydrogen) atoms. The van der Waals surface area contributed by atoms with E-state index in [4.69, 9.17) is 5.73 Å². The first kappa shape index (κ1) is 17.1. The molecule has 0 aliphatic heterocycles. The third kappa shape index (κ3) is 5.19. The Bertz CT molecular complexity index is 376. The van der Waals surface area contributed by atoms with Crippen LogP contribution in [0.5, 0.6) is 0 Å². The van der Waals surface area contributed by atoms with E-state index in [9.17, 15) is 4.39 Å². The summed E-state index contributed by atoms with van der Waals surface area (Å²) in [6, 6.07) is 6.87. The fraction of sp³-hybridized carbons (Fsp3) is 0.625. The summed E-state index contributed by atoms with van der Waals surface area (Å²) in [6.45, 7) is 7.16. The van der Waals surface area contributed by atoms with Gasteiger partial charge in [-0.1, -0.05) is 19.1 Å². The zero-order valence-corrected chi connectivity index (χ0v) is 13.1. The van der Waals surface area contributed by atoms with Crippen molar-refractivity contribution >= 4 is 0 Å². The summed E-state index contributed by atoms with van der Waals surface area (Å²) in [4.78, 5) is 4.56. The molecule has 0 fully saturated rings. The van der Waals surface area contributed by atoms with Crippen LogP contribution in [0.2, 0.25) is 0 Å². The Kier molecular flexibility index (Phi) is 7.13. The van der Waals surface area contributed by atoms with Crippen molar-refractivity contribution in [3.05, 3.63) is 35.6 Å². The van der Waals surface area contributed by atoms with Crippen molar-refractivity contribution in [1.82, 2.24) is 9.80 Å². The van der Waals surface area contributed by atoms with Gasteiger partial charge in [-0.25, -0.2) is 4.39 Å². The van der Waals surface area contributed by atoms with Crippen molar-refractivity contribution in [2.45, 2.75) is 32.4 Å². The molecule has 2 N–H and O–H groups in total. The smallest absolute Gasteiger partial charge is 0.123 e. The maximum Gasteiger partial charge on any atom is 0.123 e. The van der Waals surface area contributed by atoms with Crippen molar-refractivity contribution in [2.75, 3.05) is 33.7 Å². The van der Waals surface area contributed by atoms with Gasteiger partial charge < -0.3 is 10.6 Å². The molecule has 0 spiro atoms. The molecule has 3 nitrogen and oxygen atoms in total. The van der Waals surface area contributed by atoms with E-state index in [1.807, 2.05) is 19.1 Å². The number of hydrogen-bond donors (Lipinski definition) is 1. The van der Waals surface area contributed by atoms with Gasteiger partial charge >= 0.3 is 0 Å². The predicted octanol–water partition coefficient (Wildman–Crippen LogP) is 2.49. The van der Waals surface area contributed by atoms with Crippen LogP contribution in [0.25, 0.3) is 0 Å². The Morgan fingerprint density at radius 2 is 1.75 bits per heavy atom. The number of benzene rings is 1. The highest BCUT2D eigenvalue weighted by molar-refractivity contribution is 5.21. The molecule has 0 bridgehead atoms. The molecule has 1 aromatic rings. The van der Waals surface area contributed by atoms with E-state index < -0.39 is 0 Å². The number of nitrogens with two attached hydrogens (primary N) is 1. The minimum atomic E-state index is -0.201. The van der Waals surface area contributed by atoms with Gasteiger partial charge in [-0.05, 0) is 58.2 Å². The van der Waals surface area contributed by atoms with Gasteiger partial charge in [-0.15, -0.1) is 0 Å². The second-order valence-electron chi connectivity index (χ2n) is 5.64. The summed E-state index contributed by atoms with van der Waals surface area (Å²) in [5.74, 6) is -0.201. The van der Waals surface area contributed by atoms with Gasteiger partial charge in [0.1, 0.15) is 5.82 Å². The van der Waals surface area contributed by atoms with E-state index in [-0.39, 0.29) is 17.9 Å². The molecule has 0 amide bonds. The Morgan fingerprint density at radius 1 is 1.15 bits per heavy atom. The molecule has 114 valence electrons. The second-order valence-corrected chi connectivity index (χ2v) is 5.64. The lowest BCUT2D eigenvalue weighted by Crippen LogP contribution is -2.40. The van der Waals surface area contributed by atoms with Crippen molar-refractivity contribution in [1.29, 1.82) is 0 Å². The van der Waals surface area contributed by atoms with Crippen LogP contribution in [0.1, 0.15) is 31.9 Å². The van der Waals surface area contributed by atoms with Gasteiger partial charge in [0.15, 0.2) is 0 Å². The number of hydrogen-bond acceptors (Lipinski definition) is 3. The molecule has 0 aliphatic carbocycles. The first-order valence-electron chi connectivity index (χ1n) is 7.35. The molecular weight excluding hydrogens is 253 g/mol. The van der Waals surface area contributed by atoms with E-state index in [1.165, 1.54) is 12.1 Å². The van der Waals surface area contributed by atoms with Crippen LogP contribution in [0, 0.1) is 5.82 Å². The minimum absolute atomic E-state index is 0.0137. The lowest BCUT2D eigenvalue weighted by Gasteiger charge is -2.34. The fourth-order valence-electron chi connectivity index (χ4n) is 2.59. The number of likely N-dealkylation sites (N-methyl/N-ethyl adjacent to an activating group) is 1. The summed E-state index contributed by atoms with van der Waals surface area (Å²) >= 11 is 0. The second kappa shape index (κ2) is 8.35.